The molecule has 0 radical (unpaired) electrons. The molecule has 2 fully saturated rings. The van der Waals surface area contributed by atoms with E-state index in [4.69, 9.17) is 0 Å². The fraction of sp³-hybridized carbons (Fsp3) is 0.588. The molecule has 1 saturated carbocycles. The Bertz CT molecular complexity index is 559. The van der Waals surface area contributed by atoms with Crippen LogP contribution in [0.15, 0.2) is 24.3 Å². The number of anilines is 1. The molecule has 1 aliphatic heterocycles. The molecule has 0 spiro atoms. The van der Waals surface area contributed by atoms with Crippen molar-refractivity contribution in [2.75, 3.05) is 5.32 Å². The van der Waals surface area contributed by atoms with Crippen LogP contribution in [0.4, 0.5) is 18.9 Å². The quantitative estimate of drug-likeness (QED) is 0.890. The first-order valence-electron chi connectivity index (χ1n) is 8.13. The second kappa shape index (κ2) is 6.51. The van der Waals surface area contributed by atoms with E-state index in [0.29, 0.717) is 17.6 Å². The topological polar surface area (TPSA) is 41.1 Å². The summed E-state index contributed by atoms with van der Waals surface area (Å²) in [5.74, 6) is 0.402. The summed E-state index contributed by atoms with van der Waals surface area (Å²) in [6.07, 6.45) is 0.267. The summed E-state index contributed by atoms with van der Waals surface area (Å²) in [5.41, 5.74) is 0.580. The van der Waals surface area contributed by atoms with Gasteiger partial charge in [0.25, 0.3) is 0 Å². The summed E-state index contributed by atoms with van der Waals surface area (Å²) in [6, 6.07) is 6.16. The molecular weight excluding hydrogens is 305 g/mol. The van der Waals surface area contributed by atoms with Gasteiger partial charge in [-0.3, -0.25) is 4.79 Å². The molecule has 1 aliphatic carbocycles. The van der Waals surface area contributed by atoms with E-state index in [1.165, 1.54) is 25.0 Å². The SMILES string of the molecule is O=C(Nc1cccc(CC(F)(F)F)c1)C1CC2CCCCC2N1. The molecule has 1 heterocycles. The zero-order valence-electron chi connectivity index (χ0n) is 12.8. The number of alkyl halides is 3. The summed E-state index contributed by atoms with van der Waals surface area (Å²) in [5, 5.41) is 6.12. The normalized spacial score (nSPS) is 27.5. The van der Waals surface area contributed by atoms with E-state index in [2.05, 4.69) is 10.6 Å². The number of amides is 1. The van der Waals surface area contributed by atoms with Crippen LogP contribution in [0, 0.1) is 5.92 Å². The largest absolute Gasteiger partial charge is 0.393 e. The van der Waals surface area contributed by atoms with Crippen LogP contribution in [-0.4, -0.2) is 24.2 Å². The highest BCUT2D eigenvalue weighted by molar-refractivity contribution is 5.95. The average molecular weight is 326 g/mol. The maximum Gasteiger partial charge on any atom is 0.393 e. The highest BCUT2D eigenvalue weighted by Crippen LogP contribution is 2.33. The molecule has 3 unspecified atom stereocenters. The van der Waals surface area contributed by atoms with Crippen LogP contribution >= 0.6 is 0 Å². The van der Waals surface area contributed by atoms with Gasteiger partial charge in [0, 0.05) is 11.7 Å². The second-order valence-electron chi connectivity index (χ2n) is 6.59. The third-order valence-corrected chi connectivity index (χ3v) is 4.78. The van der Waals surface area contributed by atoms with E-state index in [1.807, 2.05) is 0 Å². The van der Waals surface area contributed by atoms with Crippen molar-refractivity contribution >= 4 is 11.6 Å². The van der Waals surface area contributed by atoms with Crippen molar-refractivity contribution in [2.45, 2.75) is 56.8 Å². The molecule has 126 valence electrons. The second-order valence-corrected chi connectivity index (χ2v) is 6.59. The number of carbonyl (C=O) groups is 1. The number of rotatable bonds is 3. The number of nitrogens with one attached hydrogen (secondary N) is 2. The Balaban J connectivity index is 1.61. The minimum absolute atomic E-state index is 0.149. The number of hydrogen-bond donors (Lipinski definition) is 2. The van der Waals surface area contributed by atoms with Crippen LogP contribution in [0.5, 0.6) is 0 Å². The molecule has 3 atom stereocenters. The Labute approximate surface area is 133 Å². The Morgan fingerprint density at radius 2 is 2.04 bits per heavy atom. The maximum atomic E-state index is 12.5. The standard InChI is InChI=1S/C17H21F3N2O/c18-17(19,20)10-11-4-3-6-13(8-11)21-16(23)15-9-12-5-1-2-7-14(12)22-15/h3-4,6,8,12,14-15,22H,1-2,5,7,9-10H2,(H,21,23). The van der Waals surface area contributed by atoms with Gasteiger partial charge in [-0.1, -0.05) is 25.0 Å². The van der Waals surface area contributed by atoms with Crippen molar-refractivity contribution < 1.29 is 18.0 Å². The number of fused-ring (bicyclic) bond motifs is 1. The van der Waals surface area contributed by atoms with E-state index < -0.39 is 12.6 Å². The molecule has 0 aromatic heterocycles. The molecule has 1 amide bonds. The van der Waals surface area contributed by atoms with Gasteiger partial charge in [0.2, 0.25) is 5.91 Å². The van der Waals surface area contributed by atoms with Gasteiger partial charge in [-0.25, -0.2) is 0 Å². The first-order chi connectivity index (χ1) is 10.9. The van der Waals surface area contributed by atoms with Crippen LogP contribution in [0.25, 0.3) is 0 Å². The molecule has 23 heavy (non-hydrogen) atoms. The first-order valence-corrected chi connectivity index (χ1v) is 8.13. The van der Waals surface area contributed by atoms with Crippen LogP contribution in [0.2, 0.25) is 0 Å². The van der Waals surface area contributed by atoms with Crippen molar-refractivity contribution in [2.24, 2.45) is 5.92 Å². The summed E-state index contributed by atoms with van der Waals surface area (Å²) in [4.78, 5) is 12.4. The fourth-order valence-electron chi connectivity index (χ4n) is 3.74. The monoisotopic (exact) mass is 326 g/mol. The highest BCUT2D eigenvalue weighted by Gasteiger charge is 2.38. The zero-order valence-corrected chi connectivity index (χ0v) is 12.8. The molecule has 0 bridgehead atoms. The van der Waals surface area contributed by atoms with Gasteiger partial charge in [0.05, 0.1) is 12.5 Å². The van der Waals surface area contributed by atoms with Crippen LogP contribution < -0.4 is 10.6 Å². The molecule has 6 heteroatoms. The number of carbonyl (C=O) groups excluding carboxylic acids is 1. The van der Waals surface area contributed by atoms with Crippen LogP contribution in [0.1, 0.15) is 37.7 Å². The van der Waals surface area contributed by atoms with Gasteiger partial charge in [-0.15, -0.1) is 0 Å². The lowest BCUT2D eigenvalue weighted by Gasteiger charge is -2.24. The third kappa shape index (κ3) is 4.25. The van der Waals surface area contributed by atoms with Gasteiger partial charge in [-0.05, 0) is 42.9 Å². The van der Waals surface area contributed by atoms with Crippen LogP contribution in [0.3, 0.4) is 0 Å². The third-order valence-electron chi connectivity index (χ3n) is 4.78. The van der Waals surface area contributed by atoms with Crippen molar-refractivity contribution in [1.82, 2.24) is 5.32 Å². The Kier molecular flexibility index (Phi) is 4.62. The minimum Gasteiger partial charge on any atom is -0.325 e. The van der Waals surface area contributed by atoms with E-state index in [1.54, 1.807) is 12.1 Å². The summed E-state index contributed by atoms with van der Waals surface area (Å²) in [6.45, 7) is 0. The lowest BCUT2D eigenvalue weighted by atomic mass is 9.85. The van der Waals surface area contributed by atoms with E-state index in [0.717, 1.165) is 19.3 Å². The maximum absolute atomic E-state index is 12.5. The van der Waals surface area contributed by atoms with E-state index in [-0.39, 0.29) is 17.5 Å². The van der Waals surface area contributed by atoms with Gasteiger partial charge < -0.3 is 10.6 Å². The zero-order chi connectivity index (χ0) is 16.4. The smallest absolute Gasteiger partial charge is 0.325 e. The van der Waals surface area contributed by atoms with Crippen molar-refractivity contribution in [3.05, 3.63) is 29.8 Å². The molecular formula is C17H21F3N2O. The lowest BCUT2D eigenvalue weighted by molar-refractivity contribution is -0.127. The molecule has 3 rings (SSSR count). The summed E-state index contributed by atoms with van der Waals surface area (Å²) in [7, 11) is 0. The molecule has 3 nitrogen and oxygen atoms in total. The Morgan fingerprint density at radius 3 is 2.78 bits per heavy atom. The molecule has 2 aliphatic rings. The fourth-order valence-corrected chi connectivity index (χ4v) is 3.74. The highest BCUT2D eigenvalue weighted by atomic mass is 19.4. The van der Waals surface area contributed by atoms with Gasteiger partial charge in [0.1, 0.15) is 0 Å². The molecule has 1 aromatic rings. The predicted molar refractivity (Wildman–Crippen MR) is 82.1 cm³/mol. The molecule has 1 saturated heterocycles. The number of hydrogen-bond acceptors (Lipinski definition) is 2. The van der Waals surface area contributed by atoms with E-state index >= 15 is 0 Å². The van der Waals surface area contributed by atoms with Crippen LogP contribution in [-0.2, 0) is 11.2 Å². The minimum atomic E-state index is -4.24. The van der Waals surface area contributed by atoms with Crippen molar-refractivity contribution in [3.63, 3.8) is 0 Å². The number of halogens is 3. The number of benzene rings is 1. The van der Waals surface area contributed by atoms with E-state index in [9.17, 15) is 18.0 Å². The molecule has 1 aromatic carbocycles. The van der Waals surface area contributed by atoms with Gasteiger partial charge >= 0.3 is 6.18 Å². The Hall–Kier alpha value is -1.56. The summed E-state index contributed by atoms with van der Waals surface area (Å²) >= 11 is 0. The van der Waals surface area contributed by atoms with Gasteiger partial charge in [0.15, 0.2) is 0 Å². The predicted octanol–water partition coefficient (Wildman–Crippen LogP) is 3.65. The first kappa shape index (κ1) is 16.3. The van der Waals surface area contributed by atoms with Crippen molar-refractivity contribution in [3.8, 4) is 0 Å². The average Bonchev–Trinajstić information content (AvgIpc) is 2.90. The summed E-state index contributed by atoms with van der Waals surface area (Å²) < 4.78 is 37.4. The van der Waals surface area contributed by atoms with Gasteiger partial charge in [-0.2, -0.15) is 13.2 Å². The molecule has 2 N–H and O–H groups in total. The Morgan fingerprint density at radius 1 is 1.26 bits per heavy atom. The van der Waals surface area contributed by atoms with Crippen molar-refractivity contribution in [1.29, 1.82) is 0 Å². The lowest BCUT2D eigenvalue weighted by Crippen LogP contribution is -2.39.